The van der Waals surface area contributed by atoms with E-state index in [4.69, 9.17) is 0 Å². The number of rotatable bonds is 2. The molecule has 0 radical (unpaired) electrons. The van der Waals surface area contributed by atoms with E-state index in [-0.39, 0.29) is 0 Å². The van der Waals surface area contributed by atoms with Crippen molar-refractivity contribution in [1.82, 2.24) is 15.2 Å². The summed E-state index contributed by atoms with van der Waals surface area (Å²) >= 11 is 1.75. The van der Waals surface area contributed by atoms with Crippen LogP contribution in [0.4, 0.5) is 0 Å². The molecule has 1 aromatic rings. The van der Waals surface area contributed by atoms with Gasteiger partial charge in [-0.25, -0.2) is 4.98 Å². The Morgan fingerprint density at radius 2 is 2.37 bits per heavy atom. The topological polar surface area (TPSA) is 40.5 Å². The summed E-state index contributed by atoms with van der Waals surface area (Å²) in [6.45, 7) is 5.21. The van der Waals surface area contributed by atoms with E-state index >= 15 is 0 Å². The van der Waals surface area contributed by atoms with Crippen LogP contribution in [0, 0.1) is 12.3 Å². The molecule has 104 valence electrons. The van der Waals surface area contributed by atoms with Crippen molar-refractivity contribution in [2.24, 2.45) is 10.4 Å². The number of likely N-dealkylation sites (tertiary alicyclic amines) is 1. The first-order chi connectivity index (χ1) is 9.21. The Hall–Kier alpha value is -1.10. The van der Waals surface area contributed by atoms with Gasteiger partial charge in [0.2, 0.25) is 0 Å². The summed E-state index contributed by atoms with van der Waals surface area (Å²) in [7, 11) is 1.88. The summed E-state index contributed by atoms with van der Waals surface area (Å²) < 4.78 is 0. The molecule has 0 aromatic carbocycles. The van der Waals surface area contributed by atoms with Crippen molar-refractivity contribution in [2.75, 3.05) is 20.1 Å². The smallest absolute Gasteiger partial charge is 0.194 e. The molecule has 3 rings (SSSR count). The van der Waals surface area contributed by atoms with E-state index in [1.165, 1.54) is 37.1 Å². The van der Waals surface area contributed by atoms with Crippen LogP contribution in [0.2, 0.25) is 0 Å². The van der Waals surface area contributed by atoms with Crippen LogP contribution < -0.4 is 5.32 Å². The zero-order chi connectivity index (χ0) is 13.3. The number of nitrogens with zero attached hydrogens (tertiary/aromatic N) is 3. The zero-order valence-corrected chi connectivity index (χ0v) is 12.6. The third-order valence-corrected chi connectivity index (χ3v) is 5.34. The molecule has 1 aliphatic carbocycles. The molecule has 19 heavy (non-hydrogen) atoms. The number of thiazole rings is 1. The predicted molar refractivity (Wildman–Crippen MR) is 79.5 cm³/mol. The lowest BCUT2D eigenvalue weighted by molar-refractivity contribution is 0.151. The van der Waals surface area contributed by atoms with Gasteiger partial charge in [-0.05, 0) is 31.6 Å². The number of aromatic nitrogens is 1. The van der Waals surface area contributed by atoms with Crippen LogP contribution in [0.5, 0.6) is 0 Å². The van der Waals surface area contributed by atoms with Crippen molar-refractivity contribution < 1.29 is 0 Å². The lowest BCUT2D eigenvalue weighted by atomic mass is 9.68. The Morgan fingerprint density at radius 3 is 2.89 bits per heavy atom. The quantitative estimate of drug-likeness (QED) is 0.667. The Labute approximate surface area is 118 Å². The molecule has 0 amide bonds. The van der Waals surface area contributed by atoms with Gasteiger partial charge in [0.15, 0.2) is 5.96 Å². The first-order valence-corrected chi connectivity index (χ1v) is 7.89. The van der Waals surface area contributed by atoms with Crippen molar-refractivity contribution in [1.29, 1.82) is 0 Å². The van der Waals surface area contributed by atoms with Crippen LogP contribution >= 0.6 is 11.3 Å². The van der Waals surface area contributed by atoms with E-state index in [0.717, 1.165) is 24.1 Å². The number of hydrogen-bond donors (Lipinski definition) is 1. The number of aliphatic imine (C=N–C) groups is 1. The normalized spacial score (nSPS) is 21.8. The molecule has 1 aliphatic heterocycles. The summed E-state index contributed by atoms with van der Waals surface area (Å²) in [5, 5.41) is 4.59. The summed E-state index contributed by atoms with van der Waals surface area (Å²) in [5.74, 6) is 1.04. The van der Waals surface area contributed by atoms with E-state index in [9.17, 15) is 0 Å². The molecule has 5 heteroatoms. The zero-order valence-electron chi connectivity index (χ0n) is 11.8. The van der Waals surface area contributed by atoms with E-state index in [1.807, 2.05) is 13.2 Å². The number of hydrogen-bond acceptors (Lipinski definition) is 3. The number of nitrogens with one attached hydrogen (secondary N) is 1. The SMILES string of the molecule is CN=C(NCc1ncc(C)s1)N1CCC2(CCC2)C1. The highest BCUT2D eigenvalue weighted by molar-refractivity contribution is 7.11. The van der Waals surface area contributed by atoms with Gasteiger partial charge in [-0.1, -0.05) is 6.42 Å². The van der Waals surface area contributed by atoms with Crippen LogP contribution in [0.25, 0.3) is 0 Å². The van der Waals surface area contributed by atoms with Crippen LogP contribution in [-0.2, 0) is 6.54 Å². The average molecular weight is 278 g/mol. The fourth-order valence-electron chi connectivity index (χ4n) is 3.17. The molecule has 2 heterocycles. The van der Waals surface area contributed by atoms with Gasteiger partial charge >= 0.3 is 0 Å². The summed E-state index contributed by atoms with van der Waals surface area (Å²) in [6.07, 6.45) is 7.50. The summed E-state index contributed by atoms with van der Waals surface area (Å²) in [5.41, 5.74) is 0.620. The fraction of sp³-hybridized carbons (Fsp3) is 0.714. The van der Waals surface area contributed by atoms with Gasteiger partial charge in [-0.2, -0.15) is 0 Å². The Bertz CT molecular complexity index is 476. The van der Waals surface area contributed by atoms with Gasteiger partial charge in [0.05, 0.1) is 6.54 Å². The minimum absolute atomic E-state index is 0.620. The molecule has 1 N–H and O–H groups in total. The van der Waals surface area contributed by atoms with Gasteiger partial charge in [-0.3, -0.25) is 4.99 Å². The van der Waals surface area contributed by atoms with Crippen LogP contribution in [0.15, 0.2) is 11.2 Å². The maximum atomic E-state index is 4.42. The largest absolute Gasteiger partial charge is 0.350 e. The lowest BCUT2D eigenvalue weighted by Crippen LogP contribution is -2.42. The number of aryl methyl sites for hydroxylation is 1. The molecular formula is C14H22N4S. The fourth-order valence-corrected chi connectivity index (χ4v) is 3.90. The summed E-state index contributed by atoms with van der Waals surface area (Å²) in [4.78, 5) is 12.5. The first kappa shape index (κ1) is 12.9. The summed E-state index contributed by atoms with van der Waals surface area (Å²) in [6, 6.07) is 0. The average Bonchev–Trinajstić information content (AvgIpc) is 2.96. The maximum absolute atomic E-state index is 4.42. The molecule has 2 fully saturated rings. The number of guanidine groups is 1. The van der Waals surface area contributed by atoms with Crippen LogP contribution in [0.3, 0.4) is 0 Å². The second-order valence-electron chi connectivity index (χ2n) is 5.79. The van der Waals surface area contributed by atoms with Crippen molar-refractivity contribution in [3.8, 4) is 0 Å². The van der Waals surface area contributed by atoms with Gasteiger partial charge in [0, 0.05) is 31.2 Å². The van der Waals surface area contributed by atoms with Gasteiger partial charge < -0.3 is 10.2 Å². The van der Waals surface area contributed by atoms with Crippen molar-refractivity contribution >= 4 is 17.3 Å². The molecular weight excluding hydrogens is 256 g/mol. The molecule has 1 saturated heterocycles. The highest BCUT2D eigenvalue weighted by Gasteiger charge is 2.43. The van der Waals surface area contributed by atoms with Crippen LogP contribution in [-0.4, -0.2) is 36.0 Å². The predicted octanol–water partition coefficient (Wildman–Crippen LogP) is 2.40. The highest BCUT2D eigenvalue weighted by atomic mass is 32.1. The van der Waals surface area contributed by atoms with Gasteiger partial charge in [0.1, 0.15) is 5.01 Å². The second-order valence-corrected chi connectivity index (χ2v) is 7.11. The molecule has 1 aromatic heterocycles. The Morgan fingerprint density at radius 1 is 1.53 bits per heavy atom. The third kappa shape index (κ3) is 2.61. The molecule has 4 nitrogen and oxygen atoms in total. The van der Waals surface area contributed by atoms with E-state index in [2.05, 4.69) is 27.1 Å². The molecule has 0 bridgehead atoms. The van der Waals surface area contributed by atoms with Crippen molar-refractivity contribution in [3.05, 3.63) is 16.1 Å². The molecule has 1 spiro atoms. The van der Waals surface area contributed by atoms with E-state index in [0.29, 0.717) is 5.41 Å². The molecule has 0 atom stereocenters. The Balaban J connectivity index is 1.56. The van der Waals surface area contributed by atoms with Gasteiger partial charge in [-0.15, -0.1) is 11.3 Å². The maximum Gasteiger partial charge on any atom is 0.194 e. The first-order valence-electron chi connectivity index (χ1n) is 7.08. The molecule has 0 unspecified atom stereocenters. The van der Waals surface area contributed by atoms with Crippen molar-refractivity contribution in [2.45, 2.75) is 39.2 Å². The van der Waals surface area contributed by atoms with Gasteiger partial charge in [0.25, 0.3) is 0 Å². The second kappa shape index (κ2) is 5.12. The highest BCUT2D eigenvalue weighted by Crippen LogP contribution is 2.47. The minimum Gasteiger partial charge on any atom is -0.350 e. The van der Waals surface area contributed by atoms with E-state index in [1.54, 1.807) is 11.3 Å². The molecule has 1 saturated carbocycles. The van der Waals surface area contributed by atoms with Crippen molar-refractivity contribution in [3.63, 3.8) is 0 Å². The monoisotopic (exact) mass is 278 g/mol. The Kier molecular flexibility index (Phi) is 3.48. The standard InChI is InChI=1S/C14H22N4S/c1-11-8-16-12(19-11)9-17-13(15-2)18-7-6-14(10-18)4-3-5-14/h8H,3-7,9-10H2,1-2H3,(H,15,17). The minimum atomic E-state index is 0.620. The lowest BCUT2D eigenvalue weighted by Gasteiger charge is -2.38. The molecule has 2 aliphatic rings. The third-order valence-electron chi connectivity index (χ3n) is 4.43. The van der Waals surface area contributed by atoms with E-state index < -0.39 is 0 Å². The van der Waals surface area contributed by atoms with Crippen LogP contribution in [0.1, 0.15) is 35.6 Å².